The van der Waals surface area contributed by atoms with Crippen LogP contribution in [0.5, 0.6) is 0 Å². The number of unbranched alkanes of at least 4 members (excludes halogenated alkanes) is 4. The van der Waals surface area contributed by atoms with Crippen molar-refractivity contribution in [3.63, 3.8) is 0 Å². The molecule has 116 valence electrons. The Labute approximate surface area is 119 Å². The van der Waals surface area contributed by atoms with Gasteiger partial charge in [0.1, 0.15) is 6.10 Å². The highest BCUT2D eigenvalue weighted by atomic mass is 16.4. The molecule has 0 aromatic heterocycles. The number of aliphatic hydroxyl groups is 3. The molecule has 0 aromatic rings. The predicted molar refractivity (Wildman–Crippen MR) is 82.2 cm³/mol. The van der Waals surface area contributed by atoms with E-state index in [0.717, 1.165) is 19.3 Å². The molecule has 0 spiro atoms. The van der Waals surface area contributed by atoms with Crippen LogP contribution < -0.4 is 0 Å². The summed E-state index contributed by atoms with van der Waals surface area (Å²) < 4.78 is 0. The van der Waals surface area contributed by atoms with Crippen molar-refractivity contribution in [2.45, 2.75) is 84.3 Å². The van der Waals surface area contributed by atoms with Gasteiger partial charge in [-0.25, -0.2) is 0 Å². The minimum absolute atomic E-state index is 0.354. The second kappa shape index (κ2) is 15.7. The van der Waals surface area contributed by atoms with Gasteiger partial charge >= 0.3 is 0 Å². The highest BCUT2D eigenvalue weighted by Crippen LogP contribution is 2.06. The van der Waals surface area contributed by atoms with Crippen molar-refractivity contribution < 1.29 is 15.3 Å². The topological polar surface area (TPSA) is 60.7 Å². The van der Waals surface area contributed by atoms with Gasteiger partial charge < -0.3 is 15.3 Å². The van der Waals surface area contributed by atoms with E-state index in [1.807, 2.05) is 0 Å². The molecule has 3 heteroatoms. The molecule has 0 saturated heterocycles. The summed E-state index contributed by atoms with van der Waals surface area (Å²) >= 11 is 0. The summed E-state index contributed by atoms with van der Waals surface area (Å²) in [6.45, 7) is 9.86. The fraction of sp³-hybridized carbons (Fsp3) is 0.875. The van der Waals surface area contributed by atoms with Gasteiger partial charge in [-0.05, 0) is 26.2 Å². The predicted octanol–water partition coefficient (Wildman–Crippen LogP) is 3.42. The lowest BCUT2D eigenvalue weighted by atomic mass is 10.1. The molecule has 0 saturated carbocycles. The van der Waals surface area contributed by atoms with Crippen LogP contribution in [-0.2, 0) is 0 Å². The molecule has 0 fully saturated rings. The maximum atomic E-state index is 9.13. The minimum Gasteiger partial charge on any atom is -0.394 e. The van der Waals surface area contributed by atoms with Crippen molar-refractivity contribution >= 4 is 0 Å². The smallest absolute Gasteiger partial charge is 0.103 e. The average Bonchev–Trinajstić information content (AvgIpc) is 2.38. The normalized spacial score (nSPS) is 13.4. The van der Waals surface area contributed by atoms with Gasteiger partial charge in [-0.1, -0.05) is 51.5 Å². The second-order valence-corrected chi connectivity index (χ2v) is 5.23. The Morgan fingerprint density at radius 3 is 1.89 bits per heavy atom. The van der Waals surface area contributed by atoms with Gasteiger partial charge in [0.15, 0.2) is 0 Å². The number of rotatable bonds is 10. The zero-order valence-corrected chi connectivity index (χ0v) is 13.1. The van der Waals surface area contributed by atoms with E-state index in [1.165, 1.54) is 31.3 Å². The van der Waals surface area contributed by atoms with Crippen molar-refractivity contribution in [1.29, 1.82) is 0 Å². The van der Waals surface area contributed by atoms with Gasteiger partial charge in [0.05, 0.1) is 12.7 Å². The lowest BCUT2D eigenvalue weighted by molar-refractivity contribution is -0.0185. The van der Waals surface area contributed by atoms with Crippen LogP contribution in [0.2, 0.25) is 0 Å². The van der Waals surface area contributed by atoms with E-state index in [4.69, 9.17) is 15.3 Å². The van der Waals surface area contributed by atoms with E-state index in [9.17, 15) is 0 Å². The molecule has 2 unspecified atom stereocenters. The first-order chi connectivity index (χ1) is 8.99. The fourth-order valence-corrected chi connectivity index (χ4v) is 1.59. The molecule has 0 radical (unpaired) electrons. The number of hydrogen-bond acceptors (Lipinski definition) is 3. The molecule has 0 rings (SSSR count). The zero-order chi connectivity index (χ0) is 15.1. The largest absolute Gasteiger partial charge is 0.394 e. The van der Waals surface area contributed by atoms with Crippen molar-refractivity contribution in [1.82, 2.24) is 0 Å². The molecular weight excluding hydrogens is 240 g/mol. The van der Waals surface area contributed by atoms with E-state index in [2.05, 4.69) is 27.4 Å². The van der Waals surface area contributed by atoms with Crippen molar-refractivity contribution in [3.05, 3.63) is 12.2 Å². The lowest BCUT2D eigenvalue weighted by Gasteiger charge is -2.14. The summed E-state index contributed by atoms with van der Waals surface area (Å²) in [6.07, 6.45) is 7.14. The summed E-state index contributed by atoms with van der Waals surface area (Å²) in [6, 6.07) is 0. The van der Waals surface area contributed by atoms with E-state index in [0.29, 0.717) is 6.42 Å². The molecule has 0 aromatic carbocycles. The molecule has 0 aliphatic carbocycles. The van der Waals surface area contributed by atoms with Crippen LogP contribution in [0.3, 0.4) is 0 Å². The fourth-order valence-electron chi connectivity index (χ4n) is 1.59. The lowest BCUT2D eigenvalue weighted by Crippen LogP contribution is -2.28. The van der Waals surface area contributed by atoms with E-state index in [-0.39, 0.29) is 6.61 Å². The number of allylic oxidation sites excluding steroid dienone is 1. The Bertz CT molecular complexity index is 192. The molecule has 0 aliphatic rings. The Hall–Kier alpha value is -0.380. The first-order valence-electron chi connectivity index (χ1n) is 7.60. The van der Waals surface area contributed by atoms with Gasteiger partial charge in [-0.2, -0.15) is 0 Å². The maximum absolute atomic E-state index is 9.13. The highest BCUT2D eigenvalue weighted by Gasteiger charge is 2.13. The first-order valence-corrected chi connectivity index (χ1v) is 7.60. The van der Waals surface area contributed by atoms with Crippen LogP contribution in [-0.4, -0.2) is 34.1 Å². The van der Waals surface area contributed by atoms with Crippen LogP contribution >= 0.6 is 0 Å². The van der Waals surface area contributed by atoms with E-state index >= 15 is 0 Å². The Balaban J connectivity index is 0. The van der Waals surface area contributed by atoms with Crippen LogP contribution in [0, 0.1) is 0 Å². The Morgan fingerprint density at radius 2 is 1.47 bits per heavy atom. The Kier molecular flexibility index (Phi) is 17.3. The van der Waals surface area contributed by atoms with Gasteiger partial charge in [0.25, 0.3) is 0 Å². The standard InChI is InChI=1S/C8H18O3.C8H16/c1-2-3-4-5-7(10)8(11)6-9;1-4-5-6-7-8(2)3/h7-11H,2-6H2,1H3;2,4-7H2,1,3H3. The third kappa shape index (κ3) is 17.6. The number of aliphatic hydroxyl groups excluding tert-OH is 3. The summed E-state index contributed by atoms with van der Waals surface area (Å²) in [7, 11) is 0. The average molecular weight is 274 g/mol. The summed E-state index contributed by atoms with van der Waals surface area (Å²) in [5.41, 5.74) is 1.32. The van der Waals surface area contributed by atoms with Crippen molar-refractivity contribution in [3.8, 4) is 0 Å². The van der Waals surface area contributed by atoms with Gasteiger partial charge in [0, 0.05) is 0 Å². The van der Waals surface area contributed by atoms with Crippen LogP contribution in [0.15, 0.2) is 12.2 Å². The summed E-state index contributed by atoms with van der Waals surface area (Å²) in [5, 5.41) is 26.5. The van der Waals surface area contributed by atoms with Crippen LogP contribution in [0.25, 0.3) is 0 Å². The van der Waals surface area contributed by atoms with Gasteiger partial charge in [0.2, 0.25) is 0 Å². The molecule has 0 bridgehead atoms. The van der Waals surface area contributed by atoms with Crippen molar-refractivity contribution in [2.75, 3.05) is 6.61 Å². The van der Waals surface area contributed by atoms with Crippen LogP contribution in [0.4, 0.5) is 0 Å². The molecule has 3 N–H and O–H groups in total. The van der Waals surface area contributed by atoms with E-state index < -0.39 is 12.2 Å². The van der Waals surface area contributed by atoms with Crippen LogP contribution in [0.1, 0.15) is 72.1 Å². The zero-order valence-electron chi connectivity index (χ0n) is 13.1. The molecular formula is C16H34O3. The van der Waals surface area contributed by atoms with E-state index in [1.54, 1.807) is 0 Å². The van der Waals surface area contributed by atoms with Gasteiger partial charge in [-0.15, -0.1) is 6.58 Å². The SMILES string of the molecule is C=C(C)CCCCC.CCCCCC(O)C(O)CO. The van der Waals surface area contributed by atoms with Gasteiger partial charge in [-0.3, -0.25) is 0 Å². The molecule has 19 heavy (non-hydrogen) atoms. The third-order valence-electron chi connectivity index (χ3n) is 2.94. The molecule has 0 amide bonds. The third-order valence-corrected chi connectivity index (χ3v) is 2.94. The summed E-state index contributed by atoms with van der Waals surface area (Å²) in [4.78, 5) is 0. The second-order valence-electron chi connectivity index (χ2n) is 5.23. The monoisotopic (exact) mass is 274 g/mol. The Morgan fingerprint density at radius 1 is 0.947 bits per heavy atom. The highest BCUT2D eigenvalue weighted by molar-refractivity contribution is 4.86. The summed E-state index contributed by atoms with van der Waals surface area (Å²) in [5.74, 6) is 0. The van der Waals surface area contributed by atoms with Crippen molar-refractivity contribution in [2.24, 2.45) is 0 Å². The maximum Gasteiger partial charge on any atom is 0.103 e. The molecule has 2 atom stereocenters. The minimum atomic E-state index is -0.966. The molecule has 3 nitrogen and oxygen atoms in total. The molecule has 0 aliphatic heterocycles. The molecule has 0 heterocycles. The number of hydrogen-bond donors (Lipinski definition) is 3. The quantitative estimate of drug-likeness (QED) is 0.422. The first kappa shape index (κ1) is 20.9.